The first-order chi connectivity index (χ1) is 12.0. The molecule has 1 aliphatic heterocycles. The highest BCUT2D eigenvalue weighted by Gasteiger charge is 2.42. The maximum Gasteiger partial charge on any atom is 0.393 e. The molecule has 0 saturated carbocycles. The third kappa shape index (κ3) is 3.32. The van der Waals surface area contributed by atoms with Crippen molar-refractivity contribution in [2.45, 2.75) is 44.8 Å². The van der Waals surface area contributed by atoms with Crippen LogP contribution in [0, 0.1) is 5.92 Å². The second-order valence-electron chi connectivity index (χ2n) is 7.09. The summed E-state index contributed by atoms with van der Waals surface area (Å²) in [6.07, 6.45) is -0.180. The molecule has 1 atom stereocenters. The van der Waals surface area contributed by atoms with Crippen molar-refractivity contribution < 1.29 is 13.2 Å². The van der Waals surface area contributed by atoms with E-state index in [4.69, 9.17) is 5.10 Å². The summed E-state index contributed by atoms with van der Waals surface area (Å²) in [5, 5.41) is 4.78. The first-order valence-corrected chi connectivity index (χ1v) is 8.96. The predicted octanol–water partition coefficient (Wildman–Crippen LogP) is 4.14. The first kappa shape index (κ1) is 16.6. The van der Waals surface area contributed by atoms with Crippen molar-refractivity contribution in [2.24, 2.45) is 5.92 Å². The average Bonchev–Trinajstić information content (AvgIpc) is 3.19. The minimum atomic E-state index is -4.09. The van der Waals surface area contributed by atoms with Crippen LogP contribution >= 0.6 is 0 Å². The molecule has 0 N–H and O–H groups in total. The Balaban J connectivity index is 1.57. The number of benzene rings is 1. The molecule has 134 valence electrons. The molecular weight excluding hydrogens is 327 g/mol. The Morgan fingerprint density at radius 1 is 1.08 bits per heavy atom. The van der Waals surface area contributed by atoms with Crippen LogP contribution in [0.3, 0.4) is 0 Å². The summed E-state index contributed by atoms with van der Waals surface area (Å²) in [5.41, 5.74) is 4.46. The van der Waals surface area contributed by atoms with Gasteiger partial charge in [-0.3, -0.25) is 4.90 Å². The van der Waals surface area contributed by atoms with Crippen LogP contribution < -0.4 is 0 Å². The molecule has 0 amide bonds. The predicted molar refractivity (Wildman–Crippen MR) is 89.6 cm³/mol. The molecule has 25 heavy (non-hydrogen) atoms. The van der Waals surface area contributed by atoms with Gasteiger partial charge in [-0.05, 0) is 56.3 Å². The Bertz CT molecular complexity index is 736. The molecule has 0 spiro atoms. The van der Waals surface area contributed by atoms with E-state index in [-0.39, 0.29) is 13.0 Å². The van der Waals surface area contributed by atoms with Crippen molar-refractivity contribution in [1.82, 2.24) is 14.7 Å². The van der Waals surface area contributed by atoms with E-state index >= 15 is 0 Å². The molecule has 1 aromatic carbocycles. The molecule has 6 heteroatoms. The average molecular weight is 349 g/mol. The van der Waals surface area contributed by atoms with E-state index in [9.17, 15) is 13.2 Å². The Kier molecular flexibility index (Phi) is 4.31. The normalized spacial score (nSPS) is 21.5. The Morgan fingerprint density at radius 3 is 2.64 bits per heavy atom. The van der Waals surface area contributed by atoms with Crippen molar-refractivity contribution in [2.75, 3.05) is 13.1 Å². The molecule has 1 fully saturated rings. The van der Waals surface area contributed by atoms with Crippen molar-refractivity contribution in [3.8, 4) is 5.69 Å². The van der Waals surface area contributed by atoms with Crippen molar-refractivity contribution in [1.29, 1.82) is 0 Å². The number of likely N-dealkylation sites (tertiary alicyclic amines) is 1. The van der Waals surface area contributed by atoms with Crippen LogP contribution in [0.4, 0.5) is 13.2 Å². The fourth-order valence-electron chi connectivity index (χ4n) is 4.10. The van der Waals surface area contributed by atoms with Crippen LogP contribution in [0.1, 0.15) is 36.2 Å². The van der Waals surface area contributed by atoms with Gasteiger partial charge in [0.1, 0.15) is 0 Å². The van der Waals surface area contributed by atoms with Gasteiger partial charge in [-0.25, -0.2) is 4.68 Å². The molecule has 2 aromatic rings. The largest absolute Gasteiger partial charge is 0.393 e. The molecule has 0 radical (unpaired) electrons. The van der Waals surface area contributed by atoms with Crippen LogP contribution in [0.2, 0.25) is 0 Å². The zero-order valence-corrected chi connectivity index (χ0v) is 14.1. The highest BCUT2D eigenvalue weighted by Crippen LogP contribution is 2.34. The van der Waals surface area contributed by atoms with Gasteiger partial charge < -0.3 is 0 Å². The van der Waals surface area contributed by atoms with Gasteiger partial charge in [-0.1, -0.05) is 18.2 Å². The van der Waals surface area contributed by atoms with Crippen LogP contribution in [0.5, 0.6) is 0 Å². The summed E-state index contributed by atoms with van der Waals surface area (Å²) in [6, 6.07) is 9.98. The van der Waals surface area contributed by atoms with Gasteiger partial charge in [-0.15, -0.1) is 0 Å². The number of hydrogen-bond donors (Lipinski definition) is 0. The maximum atomic E-state index is 13.1. The summed E-state index contributed by atoms with van der Waals surface area (Å²) in [6.45, 7) is 1.34. The number of aromatic nitrogens is 2. The van der Waals surface area contributed by atoms with Gasteiger partial charge in [0.05, 0.1) is 17.3 Å². The summed E-state index contributed by atoms with van der Waals surface area (Å²) in [5.74, 6) is -1.20. The zero-order chi connectivity index (χ0) is 17.4. The van der Waals surface area contributed by atoms with Gasteiger partial charge >= 0.3 is 6.18 Å². The van der Waals surface area contributed by atoms with E-state index in [0.29, 0.717) is 13.0 Å². The first-order valence-electron chi connectivity index (χ1n) is 8.96. The summed E-state index contributed by atoms with van der Waals surface area (Å²) in [7, 11) is 0. The van der Waals surface area contributed by atoms with E-state index in [1.165, 1.54) is 11.3 Å². The summed E-state index contributed by atoms with van der Waals surface area (Å²) < 4.78 is 41.1. The van der Waals surface area contributed by atoms with E-state index < -0.39 is 12.1 Å². The van der Waals surface area contributed by atoms with E-state index in [2.05, 4.69) is 0 Å². The summed E-state index contributed by atoms with van der Waals surface area (Å²) >= 11 is 0. The number of rotatable bonds is 3. The van der Waals surface area contributed by atoms with Crippen LogP contribution in [0.25, 0.3) is 5.69 Å². The fourth-order valence-corrected chi connectivity index (χ4v) is 4.10. The fraction of sp³-hybridized carbons (Fsp3) is 0.526. The van der Waals surface area contributed by atoms with Crippen LogP contribution in [-0.2, 0) is 19.4 Å². The van der Waals surface area contributed by atoms with Crippen molar-refractivity contribution in [3.05, 3.63) is 47.3 Å². The lowest BCUT2D eigenvalue weighted by atomic mass is 9.97. The third-order valence-electron chi connectivity index (χ3n) is 5.36. The highest BCUT2D eigenvalue weighted by atomic mass is 19.4. The quantitative estimate of drug-likeness (QED) is 0.831. The SMILES string of the molecule is FC(F)(F)C1CCCN(Cc2nn(-c3ccccc3)c3c2CCC3)C1. The second kappa shape index (κ2) is 6.48. The van der Waals surface area contributed by atoms with E-state index in [0.717, 1.165) is 37.2 Å². The topological polar surface area (TPSA) is 21.1 Å². The Hall–Kier alpha value is -1.82. The standard InChI is InChI=1S/C19H22F3N3/c20-19(21,22)14-6-5-11-24(12-14)13-17-16-9-4-10-18(16)25(23-17)15-7-2-1-3-8-15/h1-3,7-8,14H,4-6,9-13H2. The molecule has 2 aliphatic rings. The van der Waals surface area contributed by atoms with Gasteiger partial charge in [0.15, 0.2) is 0 Å². The number of nitrogens with zero attached hydrogens (tertiary/aromatic N) is 3. The molecule has 1 saturated heterocycles. The van der Waals surface area contributed by atoms with E-state index in [1.54, 1.807) is 0 Å². The lowest BCUT2D eigenvalue weighted by Crippen LogP contribution is -2.41. The summed E-state index contributed by atoms with van der Waals surface area (Å²) in [4.78, 5) is 1.93. The lowest BCUT2D eigenvalue weighted by molar-refractivity contribution is -0.187. The Morgan fingerprint density at radius 2 is 1.88 bits per heavy atom. The van der Waals surface area contributed by atoms with Crippen molar-refractivity contribution in [3.63, 3.8) is 0 Å². The second-order valence-corrected chi connectivity index (χ2v) is 7.09. The van der Waals surface area contributed by atoms with Gasteiger partial charge in [0.25, 0.3) is 0 Å². The van der Waals surface area contributed by atoms with Gasteiger partial charge in [0, 0.05) is 18.8 Å². The molecule has 0 bridgehead atoms. The molecule has 2 heterocycles. The third-order valence-corrected chi connectivity index (χ3v) is 5.36. The van der Waals surface area contributed by atoms with Crippen molar-refractivity contribution >= 4 is 0 Å². The number of piperidine rings is 1. The maximum absolute atomic E-state index is 13.1. The van der Waals surface area contributed by atoms with Crippen LogP contribution in [0.15, 0.2) is 30.3 Å². The Labute approximate surface area is 145 Å². The number of alkyl halides is 3. The minimum absolute atomic E-state index is 0.0937. The van der Waals surface area contributed by atoms with Gasteiger partial charge in [-0.2, -0.15) is 18.3 Å². The molecule has 3 nitrogen and oxygen atoms in total. The minimum Gasteiger partial charge on any atom is -0.297 e. The number of halogens is 3. The molecular formula is C19H22F3N3. The highest BCUT2D eigenvalue weighted by molar-refractivity contribution is 5.39. The van der Waals surface area contributed by atoms with E-state index in [1.807, 2.05) is 39.9 Å². The molecule has 1 unspecified atom stereocenters. The lowest BCUT2D eigenvalue weighted by Gasteiger charge is -2.33. The molecule has 4 rings (SSSR count). The smallest absolute Gasteiger partial charge is 0.297 e. The number of fused-ring (bicyclic) bond motifs is 1. The number of para-hydroxylation sites is 1. The monoisotopic (exact) mass is 349 g/mol. The van der Waals surface area contributed by atoms with Crippen LogP contribution in [-0.4, -0.2) is 33.9 Å². The molecule has 1 aromatic heterocycles. The van der Waals surface area contributed by atoms with Gasteiger partial charge in [0.2, 0.25) is 0 Å². The zero-order valence-electron chi connectivity index (χ0n) is 14.1. The molecule has 1 aliphatic carbocycles. The number of hydrogen-bond acceptors (Lipinski definition) is 2.